The summed E-state index contributed by atoms with van der Waals surface area (Å²) in [5.41, 5.74) is 0.987. The molecular weight excluding hydrogens is 410 g/mol. The maximum Gasteiger partial charge on any atom is 0.323 e. The highest BCUT2D eigenvalue weighted by Gasteiger charge is 2.54. The molecule has 1 saturated heterocycles. The summed E-state index contributed by atoms with van der Waals surface area (Å²) in [6.07, 6.45) is 0. The molecular formula is C25H23NO4S. The van der Waals surface area contributed by atoms with Crippen molar-refractivity contribution in [3.8, 4) is 0 Å². The lowest BCUT2D eigenvalue weighted by Crippen LogP contribution is -2.41. The number of hydrogen-bond donors (Lipinski definition) is 1. The molecule has 0 bridgehead atoms. The van der Waals surface area contributed by atoms with E-state index in [1.54, 1.807) is 59.9 Å². The molecule has 0 saturated carbocycles. The van der Waals surface area contributed by atoms with E-state index in [1.165, 1.54) is 7.11 Å². The summed E-state index contributed by atoms with van der Waals surface area (Å²) < 4.78 is 5.01. The summed E-state index contributed by atoms with van der Waals surface area (Å²) in [6, 6.07) is 20.3. The highest BCUT2D eigenvalue weighted by Crippen LogP contribution is 2.43. The van der Waals surface area contributed by atoms with Crippen LogP contribution in [0.4, 0.5) is 0 Å². The lowest BCUT2D eigenvalue weighted by atomic mass is 9.77. The molecule has 0 amide bonds. The van der Waals surface area contributed by atoms with Crippen LogP contribution in [0.5, 0.6) is 0 Å². The van der Waals surface area contributed by atoms with Crippen molar-refractivity contribution in [3.63, 3.8) is 0 Å². The van der Waals surface area contributed by atoms with Crippen LogP contribution >= 0.6 is 11.3 Å². The minimum absolute atomic E-state index is 0.162. The van der Waals surface area contributed by atoms with E-state index in [1.807, 2.05) is 31.2 Å². The second kappa shape index (κ2) is 8.96. The van der Waals surface area contributed by atoms with E-state index in [0.29, 0.717) is 11.1 Å². The highest BCUT2D eigenvalue weighted by atomic mass is 32.1. The molecule has 31 heavy (non-hydrogen) atoms. The van der Waals surface area contributed by atoms with Crippen molar-refractivity contribution in [3.05, 3.63) is 93.7 Å². The molecule has 1 N–H and O–H groups in total. The molecule has 2 heterocycles. The molecule has 158 valence electrons. The second-order valence-corrected chi connectivity index (χ2v) is 8.93. The first-order valence-electron chi connectivity index (χ1n) is 10.1. The van der Waals surface area contributed by atoms with Crippen LogP contribution in [-0.4, -0.2) is 30.7 Å². The number of Topliss-reactive ketones (excluding diaryl/α,β-unsaturated/α-hetero) is 2. The van der Waals surface area contributed by atoms with Gasteiger partial charge in [-0.3, -0.25) is 19.7 Å². The van der Waals surface area contributed by atoms with Crippen LogP contribution in [0.3, 0.4) is 0 Å². The molecule has 4 atom stereocenters. The van der Waals surface area contributed by atoms with Crippen molar-refractivity contribution < 1.29 is 19.1 Å². The molecule has 0 aliphatic carbocycles. The van der Waals surface area contributed by atoms with Gasteiger partial charge in [-0.15, -0.1) is 11.3 Å². The van der Waals surface area contributed by atoms with Crippen LogP contribution in [0.1, 0.15) is 36.5 Å². The van der Waals surface area contributed by atoms with Crippen molar-refractivity contribution >= 4 is 28.9 Å². The average molecular weight is 434 g/mol. The van der Waals surface area contributed by atoms with E-state index < -0.39 is 29.9 Å². The molecule has 4 rings (SSSR count). The van der Waals surface area contributed by atoms with Gasteiger partial charge in [-0.05, 0) is 19.1 Å². The second-order valence-electron chi connectivity index (χ2n) is 7.61. The topological polar surface area (TPSA) is 72.5 Å². The number of carbonyl (C=O) groups is 3. The van der Waals surface area contributed by atoms with Crippen LogP contribution < -0.4 is 5.32 Å². The Labute approximate surface area is 185 Å². The number of nitrogens with one attached hydrogen (secondary N) is 1. The number of benzene rings is 2. The number of ketones is 2. The molecule has 6 heteroatoms. The predicted octanol–water partition coefficient (Wildman–Crippen LogP) is 4.24. The molecule has 4 unspecified atom stereocenters. The van der Waals surface area contributed by atoms with E-state index >= 15 is 0 Å². The quantitative estimate of drug-likeness (QED) is 0.465. The molecule has 0 spiro atoms. The largest absolute Gasteiger partial charge is 0.468 e. The highest BCUT2D eigenvalue weighted by molar-refractivity contribution is 7.12. The number of methoxy groups -OCH3 is 1. The van der Waals surface area contributed by atoms with E-state index in [2.05, 4.69) is 5.32 Å². The third-order valence-electron chi connectivity index (χ3n) is 5.71. The standard InChI is InChI=1S/C25H23NO4S/c1-15-13-14-18(31-15)21-19(23(27)16-9-5-3-6-10-16)20(22(26-21)25(29)30-2)24(28)17-11-7-4-8-12-17/h3-14,19-22,26H,1-2H3. The normalized spacial score (nSPS) is 22.8. The zero-order chi connectivity index (χ0) is 22.0. The number of aryl methyl sites for hydroxylation is 1. The molecule has 1 aliphatic rings. The van der Waals surface area contributed by atoms with Gasteiger partial charge in [0.25, 0.3) is 0 Å². The lowest BCUT2D eigenvalue weighted by Gasteiger charge is -2.23. The van der Waals surface area contributed by atoms with Crippen molar-refractivity contribution in [2.24, 2.45) is 11.8 Å². The Hall–Kier alpha value is -3.09. The Morgan fingerprint density at radius 2 is 1.35 bits per heavy atom. The Kier molecular flexibility index (Phi) is 6.11. The van der Waals surface area contributed by atoms with Crippen LogP contribution in [0.15, 0.2) is 72.8 Å². The van der Waals surface area contributed by atoms with Gasteiger partial charge in [-0.1, -0.05) is 60.7 Å². The van der Waals surface area contributed by atoms with Gasteiger partial charge in [0.2, 0.25) is 0 Å². The van der Waals surface area contributed by atoms with E-state index in [-0.39, 0.29) is 11.6 Å². The van der Waals surface area contributed by atoms with Crippen LogP contribution in [0.2, 0.25) is 0 Å². The lowest BCUT2D eigenvalue weighted by molar-refractivity contribution is -0.143. The van der Waals surface area contributed by atoms with Crippen molar-refractivity contribution in [1.82, 2.24) is 5.32 Å². The van der Waals surface area contributed by atoms with E-state index in [9.17, 15) is 14.4 Å². The maximum atomic E-state index is 13.7. The van der Waals surface area contributed by atoms with Crippen LogP contribution in [0.25, 0.3) is 0 Å². The molecule has 1 fully saturated rings. The first-order valence-corrected chi connectivity index (χ1v) is 10.9. The number of thiophene rings is 1. The first kappa shape index (κ1) is 21.2. The Morgan fingerprint density at radius 1 is 0.806 bits per heavy atom. The zero-order valence-electron chi connectivity index (χ0n) is 17.3. The molecule has 3 aromatic rings. The summed E-state index contributed by atoms with van der Waals surface area (Å²) in [4.78, 5) is 42.0. The summed E-state index contributed by atoms with van der Waals surface area (Å²) in [5.74, 6) is -2.57. The minimum atomic E-state index is -0.914. The molecule has 2 aromatic carbocycles. The Balaban J connectivity index is 1.84. The van der Waals surface area contributed by atoms with Gasteiger partial charge in [0.1, 0.15) is 6.04 Å². The van der Waals surface area contributed by atoms with E-state index in [0.717, 1.165) is 9.75 Å². The van der Waals surface area contributed by atoms with Gasteiger partial charge in [-0.25, -0.2) is 0 Å². The molecule has 0 radical (unpaired) electrons. The third-order valence-corrected chi connectivity index (χ3v) is 6.79. The maximum absolute atomic E-state index is 13.7. The SMILES string of the molecule is COC(=O)C1NC(c2ccc(C)s2)C(C(=O)c2ccccc2)C1C(=O)c1ccccc1. The molecule has 1 aliphatic heterocycles. The summed E-state index contributed by atoms with van der Waals surface area (Å²) >= 11 is 1.55. The Morgan fingerprint density at radius 3 is 1.84 bits per heavy atom. The Bertz CT molecular complexity index is 1090. The van der Waals surface area contributed by atoms with E-state index in [4.69, 9.17) is 4.74 Å². The molecule has 1 aromatic heterocycles. The van der Waals surface area contributed by atoms with Gasteiger partial charge in [0.15, 0.2) is 11.6 Å². The number of esters is 1. The first-order chi connectivity index (χ1) is 15.0. The van der Waals surface area contributed by atoms with Gasteiger partial charge < -0.3 is 4.74 Å². The zero-order valence-corrected chi connectivity index (χ0v) is 18.1. The van der Waals surface area contributed by atoms with Gasteiger partial charge in [0.05, 0.1) is 25.0 Å². The van der Waals surface area contributed by atoms with Crippen LogP contribution in [0, 0.1) is 18.8 Å². The fourth-order valence-electron chi connectivity index (χ4n) is 4.26. The smallest absolute Gasteiger partial charge is 0.323 e. The molecule has 5 nitrogen and oxygen atoms in total. The summed E-state index contributed by atoms with van der Waals surface area (Å²) in [6.45, 7) is 1.99. The number of hydrogen-bond acceptors (Lipinski definition) is 6. The number of carbonyl (C=O) groups excluding carboxylic acids is 3. The van der Waals surface area contributed by atoms with Gasteiger partial charge in [0, 0.05) is 20.9 Å². The predicted molar refractivity (Wildman–Crippen MR) is 119 cm³/mol. The fraction of sp³-hybridized carbons (Fsp3) is 0.240. The van der Waals surface area contributed by atoms with Crippen molar-refractivity contribution in [2.75, 3.05) is 7.11 Å². The monoisotopic (exact) mass is 433 g/mol. The summed E-state index contributed by atoms with van der Waals surface area (Å²) in [7, 11) is 1.30. The number of rotatable bonds is 6. The van der Waals surface area contributed by atoms with Crippen molar-refractivity contribution in [2.45, 2.75) is 19.0 Å². The fourth-order valence-corrected chi connectivity index (χ4v) is 5.24. The van der Waals surface area contributed by atoms with Crippen LogP contribution in [-0.2, 0) is 9.53 Å². The summed E-state index contributed by atoms with van der Waals surface area (Å²) in [5, 5.41) is 3.27. The average Bonchev–Trinajstić information content (AvgIpc) is 3.42. The van der Waals surface area contributed by atoms with Gasteiger partial charge in [-0.2, -0.15) is 0 Å². The van der Waals surface area contributed by atoms with Gasteiger partial charge >= 0.3 is 5.97 Å². The van der Waals surface area contributed by atoms with Crippen molar-refractivity contribution in [1.29, 1.82) is 0 Å². The number of ether oxygens (including phenoxy) is 1. The minimum Gasteiger partial charge on any atom is -0.468 e. The third kappa shape index (κ3) is 4.09.